The Kier molecular flexibility index (Phi) is 4.66. The predicted molar refractivity (Wildman–Crippen MR) is 100 cm³/mol. The van der Waals surface area contributed by atoms with Crippen LogP contribution in [0.4, 0.5) is 5.69 Å². The van der Waals surface area contributed by atoms with Crippen molar-refractivity contribution in [3.8, 4) is 11.5 Å². The molecule has 1 atom stereocenters. The number of imide groups is 1. The van der Waals surface area contributed by atoms with Crippen LogP contribution in [0.2, 0.25) is 5.02 Å². The molecule has 2 N–H and O–H groups in total. The molecule has 0 spiro atoms. The molecule has 0 aromatic heterocycles. The van der Waals surface area contributed by atoms with Crippen molar-refractivity contribution in [2.45, 2.75) is 19.4 Å². The number of amides is 3. The van der Waals surface area contributed by atoms with Gasteiger partial charge in [-0.3, -0.25) is 19.8 Å². The van der Waals surface area contributed by atoms with Gasteiger partial charge in [0.2, 0.25) is 12.7 Å². The van der Waals surface area contributed by atoms with Gasteiger partial charge in [0.1, 0.15) is 6.04 Å². The van der Waals surface area contributed by atoms with Crippen molar-refractivity contribution in [1.29, 1.82) is 0 Å². The van der Waals surface area contributed by atoms with E-state index in [1.807, 2.05) is 0 Å². The third-order valence-electron chi connectivity index (χ3n) is 4.62. The lowest BCUT2D eigenvalue weighted by atomic mass is 10.2. The van der Waals surface area contributed by atoms with E-state index in [-0.39, 0.29) is 19.1 Å². The molecule has 0 saturated carbocycles. The van der Waals surface area contributed by atoms with E-state index in [2.05, 4.69) is 10.9 Å². The number of anilines is 1. The van der Waals surface area contributed by atoms with Gasteiger partial charge in [0.05, 0.1) is 12.1 Å². The SMILES string of the molecule is Cc1c(Cl)cccc1N1C(=O)C[C@@H](NNC(=O)c2ccc3c(c2)OCO3)C1=O. The summed E-state index contributed by atoms with van der Waals surface area (Å²) in [6.07, 6.45) is -0.0772. The zero-order valence-corrected chi connectivity index (χ0v) is 15.6. The van der Waals surface area contributed by atoms with Crippen LogP contribution in [-0.4, -0.2) is 30.6 Å². The second-order valence-corrected chi connectivity index (χ2v) is 6.78. The van der Waals surface area contributed by atoms with Gasteiger partial charge < -0.3 is 9.47 Å². The van der Waals surface area contributed by atoms with Gasteiger partial charge in [-0.05, 0) is 42.8 Å². The molecule has 0 radical (unpaired) electrons. The van der Waals surface area contributed by atoms with Crippen molar-refractivity contribution in [3.05, 3.63) is 52.5 Å². The number of hydrogen-bond donors (Lipinski definition) is 2. The molecule has 1 saturated heterocycles. The smallest absolute Gasteiger partial charge is 0.265 e. The highest BCUT2D eigenvalue weighted by atomic mass is 35.5. The lowest BCUT2D eigenvalue weighted by Gasteiger charge is -2.18. The molecule has 3 amide bonds. The first-order valence-corrected chi connectivity index (χ1v) is 8.91. The van der Waals surface area contributed by atoms with E-state index in [0.717, 1.165) is 4.90 Å². The number of hydrazine groups is 1. The molecule has 2 aliphatic rings. The molecule has 2 aliphatic heterocycles. The number of ether oxygens (including phenoxy) is 2. The lowest BCUT2D eigenvalue weighted by Crippen LogP contribution is -2.48. The van der Waals surface area contributed by atoms with Crippen molar-refractivity contribution in [1.82, 2.24) is 10.9 Å². The number of rotatable bonds is 4. The average Bonchev–Trinajstić information content (AvgIpc) is 3.26. The number of fused-ring (bicyclic) bond motifs is 1. The average molecular weight is 402 g/mol. The van der Waals surface area contributed by atoms with Crippen LogP contribution in [0, 0.1) is 6.92 Å². The van der Waals surface area contributed by atoms with Crippen molar-refractivity contribution < 1.29 is 23.9 Å². The van der Waals surface area contributed by atoms with Gasteiger partial charge >= 0.3 is 0 Å². The Morgan fingerprint density at radius 1 is 1.18 bits per heavy atom. The topological polar surface area (TPSA) is 97.0 Å². The van der Waals surface area contributed by atoms with Crippen LogP contribution in [0.5, 0.6) is 11.5 Å². The molecular weight excluding hydrogens is 386 g/mol. The van der Waals surface area contributed by atoms with E-state index in [1.165, 1.54) is 0 Å². The van der Waals surface area contributed by atoms with Crippen molar-refractivity contribution in [2.24, 2.45) is 0 Å². The third-order valence-corrected chi connectivity index (χ3v) is 5.03. The molecule has 144 valence electrons. The number of carbonyl (C=O) groups is 3. The monoisotopic (exact) mass is 401 g/mol. The van der Waals surface area contributed by atoms with Gasteiger partial charge in [-0.1, -0.05) is 17.7 Å². The molecule has 2 heterocycles. The summed E-state index contributed by atoms with van der Waals surface area (Å²) in [7, 11) is 0. The Balaban J connectivity index is 1.44. The highest BCUT2D eigenvalue weighted by Crippen LogP contribution is 2.32. The minimum Gasteiger partial charge on any atom is -0.454 e. The highest BCUT2D eigenvalue weighted by molar-refractivity contribution is 6.32. The molecule has 0 aliphatic carbocycles. The largest absolute Gasteiger partial charge is 0.454 e. The molecule has 0 bridgehead atoms. The maximum Gasteiger partial charge on any atom is 0.265 e. The fourth-order valence-electron chi connectivity index (χ4n) is 3.10. The fourth-order valence-corrected chi connectivity index (χ4v) is 3.27. The number of benzene rings is 2. The Morgan fingerprint density at radius 3 is 2.79 bits per heavy atom. The molecule has 8 nitrogen and oxygen atoms in total. The number of nitrogens with one attached hydrogen (secondary N) is 2. The summed E-state index contributed by atoms with van der Waals surface area (Å²) in [6.45, 7) is 1.84. The molecule has 2 aromatic rings. The summed E-state index contributed by atoms with van der Waals surface area (Å²) >= 11 is 6.09. The second kappa shape index (κ2) is 7.14. The van der Waals surface area contributed by atoms with E-state index in [0.29, 0.717) is 33.3 Å². The van der Waals surface area contributed by atoms with Crippen LogP contribution >= 0.6 is 11.6 Å². The van der Waals surface area contributed by atoms with Gasteiger partial charge in [0.25, 0.3) is 11.8 Å². The van der Waals surface area contributed by atoms with Crippen LogP contribution in [0.25, 0.3) is 0 Å². The quantitative estimate of drug-likeness (QED) is 0.600. The molecule has 4 rings (SSSR count). The zero-order chi connectivity index (χ0) is 19.8. The lowest BCUT2D eigenvalue weighted by molar-refractivity contribution is -0.121. The number of nitrogens with zero attached hydrogens (tertiary/aromatic N) is 1. The van der Waals surface area contributed by atoms with Crippen LogP contribution in [0.3, 0.4) is 0 Å². The first kappa shape index (κ1) is 18.3. The minimum absolute atomic E-state index is 0.0772. The highest BCUT2D eigenvalue weighted by Gasteiger charge is 2.40. The van der Waals surface area contributed by atoms with E-state index in [9.17, 15) is 14.4 Å². The van der Waals surface area contributed by atoms with Gasteiger partial charge in [0.15, 0.2) is 11.5 Å². The summed E-state index contributed by atoms with van der Waals surface area (Å²) in [5.74, 6) is -0.251. The summed E-state index contributed by atoms with van der Waals surface area (Å²) in [5.41, 5.74) is 6.52. The van der Waals surface area contributed by atoms with Crippen molar-refractivity contribution >= 4 is 35.0 Å². The Bertz CT molecular complexity index is 994. The normalized spacial score (nSPS) is 17.9. The molecule has 9 heteroatoms. The van der Waals surface area contributed by atoms with Gasteiger partial charge in [0, 0.05) is 10.6 Å². The minimum atomic E-state index is -0.871. The van der Waals surface area contributed by atoms with Crippen molar-refractivity contribution in [2.75, 3.05) is 11.7 Å². The van der Waals surface area contributed by atoms with E-state index in [1.54, 1.807) is 43.3 Å². The first-order valence-electron chi connectivity index (χ1n) is 8.53. The fraction of sp³-hybridized carbons (Fsp3) is 0.211. The Morgan fingerprint density at radius 2 is 1.96 bits per heavy atom. The summed E-state index contributed by atoms with van der Waals surface area (Å²) in [4.78, 5) is 38.5. The van der Waals surface area contributed by atoms with Gasteiger partial charge in [-0.2, -0.15) is 0 Å². The molecular formula is C19H16ClN3O5. The molecule has 2 aromatic carbocycles. The van der Waals surface area contributed by atoms with E-state index in [4.69, 9.17) is 21.1 Å². The summed E-state index contributed by atoms with van der Waals surface area (Å²) < 4.78 is 10.4. The Hall–Kier alpha value is -3.10. The zero-order valence-electron chi connectivity index (χ0n) is 14.8. The number of hydrogen-bond acceptors (Lipinski definition) is 6. The maximum atomic E-state index is 12.7. The second-order valence-electron chi connectivity index (χ2n) is 6.37. The standard InChI is InChI=1S/C19H16ClN3O5/c1-10-12(20)3-2-4-14(10)23-17(24)8-13(19(23)26)21-22-18(25)11-5-6-15-16(7-11)28-9-27-15/h2-7,13,21H,8-9H2,1H3,(H,22,25)/t13-/m1/s1. The molecule has 1 fully saturated rings. The number of carbonyl (C=O) groups excluding carboxylic acids is 3. The number of halogens is 1. The maximum absolute atomic E-state index is 12.7. The first-order chi connectivity index (χ1) is 13.5. The van der Waals surface area contributed by atoms with Crippen molar-refractivity contribution in [3.63, 3.8) is 0 Å². The van der Waals surface area contributed by atoms with Crippen LogP contribution in [0.15, 0.2) is 36.4 Å². The molecule has 28 heavy (non-hydrogen) atoms. The third kappa shape index (κ3) is 3.17. The predicted octanol–water partition coefficient (Wildman–Crippen LogP) is 1.94. The Labute approximate surface area is 165 Å². The summed E-state index contributed by atoms with van der Waals surface area (Å²) in [5, 5.41) is 0.464. The van der Waals surface area contributed by atoms with Crippen LogP contribution in [-0.2, 0) is 9.59 Å². The van der Waals surface area contributed by atoms with Gasteiger partial charge in [-0.25, -0.2) is 10.3 Å². The van der Waals surface area contributed by atoms with E-state index < -0.39 is 17.9 Å². The van der Waals surface area contributed by atoms with Gasteiger partial charge in [-0.15, -0.1) is 0 Å². The van der Waals surface area contributed by atoms with E-state index >= 15 is 0 Å². The van der Waals surface area contributed by atoms with Crippen LogP contribution in [0.1, 0.15) is 22.3 Å². The molecule has 0 unspecified atom stereocenters. The van der Waals surface area contributed by atoms with Crippen LogP contribution < -0.4 is 25.2 Å². The summed E-state index contributed by atoms with van der Waals surface area (Å²) in [6, 6.07) is 8.90.